The van der Waals surface area contributed by atoms with Crippen LogP contribution in [0, 0.1) is 17.8 Å². The van der Waals surface area contributed by atoms with Crippen molar-refractivity contribution in [1.29, 1.82) is 0 Å². The van der Waals surface area contributed by atoms with Crippen LogP contribution in [-0.4, -0.2) is 45.9 Å². The molecule has 1 aliphatic rings. The Kier molecular flexibility index (Phi) is 9.12. The molecule has 196 valence electrons. The molecule has 1 aromatic heterocycles. The molecule has 0 atom stereocenters. The van der Waals surface area contributed by atoms with E-state index in [0.29, 0.717) is 51.9 Å². The van der Waals surface area contributed by atoms with Crippen LogP contribution in [0.1, 0.15) is 52.5 Å². The van der Waals surface area contributed by atoms with E-state index < -0.39 is 11.2 Å². The normalized spacial score (nSPS) is 14.4. The molecule has 2 amide bonds. The largest absolute Gasteiger partial charge is 0.383 e. The average molecular weight is 498 g/mol. The summed E-state index contributed by atoms with van der Waals surface area (Å²) in [6.07, 6.45) is 2.17. The number of amides is 2. The van der Waals surface area contributed by atoms with E-state index in [9.17, 15) is 19.2 Å². The number of H-pyrrole nitrogens is 1. The zero-order chi connectivity index (χ0) is 26.4. The predicted octanol–water partition coefficient (Wildman–Crippen LogP) is 2.64. The average Bonchev–Trinajstić information content (AvgIpc) is 2.84. The lowest BCUT2D eigenvalue weighted by atomic mass is 9.94. The Balaban J connectivity index is 1.74. The fourth-order valence-electron chi connectivity index (χ4n) is 4.69. The number of nitrogens with two attached hydrogens (primary N) is 1. The summed E-state index contributed by atoms with van der Waals surface area (Å²) in [5, 5.41) is 0. The number of anilines is 2. The Hall–Kier alpha value is -3.36. The monoisotopic (exact) mass is 497 g/mol. The van der Waals surface area contributed by atoms with E-state index >= 15 is 0 Å². The quantitative estimate of drug-likeness (QED) is 0.552. The highest BCUT2D eigenvalue weighted by Crippen LogP contribution is 2.26. The van der Waals surface area contributed by atoms with Crippen LogP contribution in [0.2, 0.25) is 0 Å². The summed E-state index contributed by atoms with van der Waals surface area (Å²) in [6, 6.07) is 9.91. The summed E-state index contributed by atoms with van der Waals surface area (Å²) in [5.74, 6) is -0.205. The number of nitrogens with one attached hydrogen (secondary N) is 1. The van der Waals surface area contributed by atoms with Gasteiger partial charge in [0.05, 0.1) is 0 Å². The maximum Gasteiger partial charge on any atom is 0.330 e. The summed E-state index contributed by atoms with van der Waals surface area (Å²) in [5.41, 5.74) is 6.25. The molecule has 0 unspecified atom stereocenters. The van der Waals surface area contributed by atoms with Gasteiger partial charge < -0.3 is 15.5 Å². The van der Waals surface area contributed by atoms with Crippen molar-refractivity contribution in [2.24, 2.45) is 17.8 Å². The Labute approximate surface area is 212 Å². The van der Waals surface area contributed by atoms with Gasteiger partial charge in [0.25, 0.3) is 5.56 Å². The third-order valence-corrected chi connectivity index (χ3v) is 6.51. The van der Waals surface area contributed by atoms with Gasteiger partial charge in [-0.1, -0.05) is 58.0 Å². The van der Waals surface area contributed by atoms with Crippen LogP contribution in [0.25, 0.3) is 0 Å². The van der Waals surface area contributed by atoms with Crippen LogP contribution >= 0.6 is 0 Å². The Bertz CT molecular complexity index is 1160. The fourth-order valence-corrected chi connectivity index (χ4v) is 4.69. The number of hydrogen-bond acceptors (Lipinski definition) is 5. The van der Waals surface area contributed by atoms with E-state index in [0.717, 1.165) is 5.56 Å². The highest BCUT2D eigenvalue weighted by Gasteiger charge is 2.33. The van der Waals surface area contributed by atoms with E-state index in [1.807, 2.05) is 62.9 Å². The van der Waals surface area contributed by atoms with Crippen molar-refractivity contribution >= 4 is 23.3 Å². The number of rotatable bonds is 9. The molecule has 0 radical (unpaired) electrons. The van der Waals surface area contributed by atoms with Gasteiger partial charge in [0.2, 0.25) is 11.8 Å². The summed E-state index contributed by atoms with van der Waals surface area (Å²) in [7, 11) is 0. The first-order valence-corrected chi connectivity index (χ1v) is 12.8. The molecule has 36 heavy (non-hydrogen) atoms. The Morgan fingerprint density at radius 3 is 2.28 bits per heavy atom. The number of benzene rings is 1. The van der Waals surface area contributed by atoms with Gasteiger partial charge in [-0.25, -0.2) is 4.79 Å². The first-order valence-electron chi connectivity index (χ1n) is 12.8. The van der Waals surface area contributed by atoms with Crippen molar-refractivity contribution in [1.82, 2.24) is 14.5 Å². The minimum Gasteiger partial charge on any atom is -0.383 e. The predicted molar refractivity (Wildman–Crippen MR) is 142 cm³/mol. The van der Waals surface area contributed by atoms with Crippen molar-refractivity contribution in [3.8, 4) is 0 Å². The molecule has 9 heteroatoms. The third kappa shape index (κ3) is 6.65. The zero-order valence-electron chi connectivity index (χ0n) is 21.8. The molecule has 0 saturated carbocycles. The summed E-state index contributed by atoms with van der Waals surface area (Å²) >= 11 is 0. The van der Waals surface area contributed by atoms with Crippen molar-refractivity contribution in [3.63, 3.8) is 0 Å². The van der Waals surface area contributed by atoms with Crippen LogP contribution in [0.15, 0.2) is 39.9 Å². The first-order chi connectivity index (χ1) is 17.1. The lowest BCUT2D eigenvalue weighted by Gasteiger charge is -2.35. The molecular formula is C27H39N5O4. The zero-order valence-corrected chi connectivity index (χ0v) is 21.8. The number of carbonyl (C=O) groups is 2. The second-order valence-electron chi connectivity index (χ2n) is 10.5. The molecule has 3 rings (SSSR count). The van der Waals surface area contributed by atoms with Gasteiger partial charge in [-0.3, -0.25) is 23.9 Å². The van der Waals surface area contributed by atoms with E-state index in [1.165, 1.54) is 9.47 Å². The highest BCUT2D eigenvalue weighted by molar-refractivity contribution is 5.97. The lowest BCUT2D eigenvalue weighted by molar-refractivity contribution is -0.135. The molecule has 0 bridgehead atoms. The number of likely N-dealkylation sites (tertiary alicyclic amines) is 1. The topological polar surface area (TPSA) is 121 Å². The molecule has 1 aromatic carbocycles. The molecule has 0 spiro atoms. The van der Waals surface area contributed by atoms with Crippen molar-refractivity contribution < 1.29 is 9.59 Å². The smallest absolute Gasteiger partial charge is 0.330 e. The van der Waals surface area contributed by atoms with Crippen LogP contribution < -0.4 is 21.9 Å². The number of nitrogens with zero attached hydrogens (tertiary/aromatic N) is 3. The Morgan fingerprint density at radius 2 is 1.69 bits per heavy atom. The molecular weight excluding hydrogens is 458 g/mol. The second kappa shape index (κ2) is 12.1. The SMILES string of the molecule is CC(C)CN(C(=O)C1CCN(C(=O)CCc2ccccc2)CC1)c1c(N)n(CC(C)C)c(=O)[nH]c1=O. The van der Waals surface area contributed by atoms with Crippen LogP contribution in [0.5, 0.6) is 0 Å². The number of aromatic nitrogens is 2. The number of piperidine rings is 1. The van der Waals surface area contributed by atoms with Crippen molar-refractivity contribution in [2.75, 3.05) is 30.3 Å². The van der Waals surface area contributed by atoms with E-state index in [4.69, 9.17) is 5.73 Å². The Morgan fingerprint density at radius 1 is 1.06 bits per heavy atom. The molecule has 1 saturated heterocycles. The molecule has 0 aliphatic carbocycles. The maximum absolute atomic E-state index is 13.7. The molecule has 9 nitrogen and oxygen atoms in total. The van der Waals surface area contributed by atoms with Gasteiger partial charge in [-0.2, -0.15) is 0 Å². The van der Waals surface area contributed by atoms with Gasteiger partial charge in [-0.05, 0) is 36.7 Å². The lowest BCUT2D eigenvalue weighted by Crippen LogP contribution is -2.48. The summed E-state index contributed by atoms with van der Waals surface area (Å²) in [4.78, 5) is 57.3. The molecule has 2 aromatic rings. The van der Waals surface area contributed by atoms with Gasteiger partial charge in [-0.15, -0.1) is 0 Å². The highest BCUT2D eigenvalue weighted by atomic mass is 16.2. The van der Waals surface area contributed by atoms with Gasteiger partial charge >= 0.3 is 5.69 Å². The summed E-state index contributed by atoms with van der Waals surface area (Å²) < 4.78 is 1.33. The van der Waals surface area contributed by atoms with E-state index in [1.54, 1.807) is 0 Å². The van der Waals surface area contributed by atoms with Crippen molar-refractivity contribution in [3.05, 3.63) is 56.7 Å². The standard InChI is InChI=1S/C27H39N5O4/c1-18(2)16-31(23-24(28)32(17-19(3)4)27(36)29-25(23)34)26(35)21-12-14-30(15-13-21)22(33)11-10-20-8-6-5-7-9-20/h5-9,18-19,21H,10-17,28H2,1-4H3,(H,29,34,36). The molecule has 1 fully saturated rings. The molecule has 1 aliphatic heterocycles. The van der Waals surface area contributed by atoms with E-state index in [2.05, 4.69) is 4.98 Å². The van der Waals surface area contributed by atoms with Crippen molar-refractivity contribution in [2.45, 2.75) is 59.9 Å². The summed E-state index contributed by atoms with van der Waals surface area (Å²) in [6.45, 7) is 9.46. The number of nitrogen functional groups attached to an aromatic ring is 1. The minimum absolute atomic E-state index is 0.0139. The molecule has 2 heterocycles. The van der Waals surface area contributed by atoms with Gasteiger partial charge in [0.15, 0.2) is 5.69 Å². The van der Waals surface area contributed by atoms with Crippen LogP contribution in [-0.2, 0) is 22.6 Å². The number of aryl methyl sites for hydroxylation is 1. The van der Waals surface area contributed by atoms with Gasteiger partial charge in [0.1, 0.15) is 5.82 Å². The van der Waals surface area contributed by atoms with Crippen LogP contribution in [0.4, 0.5) is 11.5 Å². The van der Waals surface area contributed by atoms with Gasteiger partial charge in [0, 0.05) is 38.5 Å². The maximum atomic E-state index is 13.7. The molecule has 3 N–H and O–H groups in total. The number of carbonyl (C=O) groups excluding carboxylic acids is 2. The van der Waals surface area contributed by atoms with Crippen LogP contribution in [0.3, 0.4) is 0 Å². The van der Waals surface area contributed by atoms with E-state index in [-0.39, 0.29) is 41.1 Å². The second-order valence-corrected chi connectivity index (χ2v) is 10.5. The number of aromatic amines is 1. The number of hydrogen-bond donors (Lipinski definition) is 2. The fraction of sp³-hybridized carbons (Fsp3) is 0.556. The minimum atomic E-state index is -0.653. The third-order valence-electron chi connectivity index (χ3n) is 6.51. The first kappa shape index (κ1) is 27.2.